The largest absolute Gasteiger partial charge is 0.353 e. The number of aromatic nitrogens is 2. The van der Waals surface area contributed by atoms with Gasteiger partial charge in [-0.3, -0.25) is 4.68 Å². The molecule has 3 atom stereocenters. The van der Waals surface area contributed by atoms with Gasteiger partial charge in [0.15, 0.2) is 0 Å². The van der Waals surface area contributed by atoms with Crippen LogP contribution in [-0.4, -0.2) is 28.4 Å². The lowest BCUT2D eigenvalue weighted by Crippen LogP contribution is -2.44. The molecule has 21 heavy (non-hydrogen) atoms. The average Bonchev–Trinajstić information content (AvgIpc) is 3.04. The van der Waals surface area contributed by atoms with Gasteiger partial charge >= 0.3 is 0 Å². The molecule has 1 aliphatic carbocycles. The van der Waals surface area contributed by atoms with Gasteiger partial charge < -0.3 is 10.6 Å². The maximum atomic E-state index is 6.23. The van der Waals surface area contributed by atoms with Crippen molar-refractivity contribution in [2.24, 2.45) is 18.7 Å². The van der Waals surface area contributed by atoms with Crippen LogP contribution in [0.4, 0.5) is 5.82 Å². The molecule has 1 aromatic heterocycles. The summed E-state index contributed by atoms with van der Waals surface area (Å²) in [6, 6.07) is 0.987. The molecule has 0 amide bonds. The first-order chi connectivity index (χ1) is 10.1. The second kappa shape index (κ2) is 5.99. The number of nitrogens with two attached hydrogens (primary N) is 1. The van der Waals surface area contributed by atoms with Crippen molar-refractivity contribution >= 4 is 5.82 Å². The molecular formula is C17H30N4. The smallest absolute Gasteiger partial charge is 0.130 e. The molecule has 3 rings (SSSR count). The van der Waals surface area contributed by atoms with Gasteiger partial charge in [-0.2, -0.15) is 5.10 Å². The molecule has 0 aromatic carbocycles. The highest BCUT2D eigenvalue weighted by molar-refractivity contribution is 5.52. The molecule has 1 saturated carbocycles. The van der Waals surface area contributed by atoms with E-state index in [4.69, 9.17) is 10.8 Å². The first-order valence-electron chi connectivity index (χ1n) is 8.66. The highest BCUT2D eigenvalue weighted by Crippen LogP contribution is 2.40. The van der Waals surface area contributed by atoms with Gasteiger partial charge in [0.25, 0.3) is 0 Å². The van der Waals surface area contributed by atoms with E-state index in [0.29, 0.717) is 0 Å². The van der Waals surface area contributed by atoms with E-state index in [1.807, 2.05) is 0 Å². The lowest BCUT2D eigenvalue weighted by molar-refractivity contribution is 0.357. The van der Waals surface area contributed by atoms with E-state index >= 15 is 0 Å². The molecule has 118 valence electrons. The minimum Gasteiger partial charge on any atom is -0.353 e. The van der Waals surface area contributed by atoms with Crippen molar-refractivity contribution in [3.05, 3.63) is 11.3 Å². The predicted octanol–water partition coefficient (Wildman–Crippen LogP) is 2.78. The van der Waals surface area contributed by atoms with Crippen molar-refractivity contribution in [3.63, 3.8) is 0 Å². The number of hydrogen-bond donors (Lipinski definition) is 1. The van der Waals surface area contributed by atoms with Crippen LogP contribution in [0.25, 0.3) is 0 Å². The van der Waals surface area contributed by atoms with Gasteiger partial charge in [0, 0.05) is 31.2 Å². The maximum Gasteiger partial charge on any atom is 0.130 e. The van der Waals surface area contributed by atoms with Crippen LogP contribution in [0.1, 0.15) is 56.7 Å². The van der Waals surface area contributed by atoms with Gasteiger partial charge in [-0.1, -0.05) is 13.3 Å². The maximum absolute atomic E-state index is 6.23. The molecule has 4 heteroatoms. The second-order valence-electron chi connectivity index (χ2n) is 6.98. The van der Waals surface area contributed by atoms with Crippen LogP contribution >= 0.6 is 0 Å². The zero-order chi connectivity index (χ0) is 15.0. The highest BCUT2D eigenvalue weighted by atomic mass is 15.4. The van der Waals surface area contributed by atoms with E-state index in [1.165, 1.54) is 50.0 Å². The van der Waals surface area contributed by atoms with E-state index in [1.54, 1.807) is 0 Å². The van der Waals surface area contributed by atoms with E-state index in [2.05, 4.69) is 30.5 Å². The van der Waals surface area contributed by atoms with Crippen LogP contribution in [0.3, 0.4) is 0 Å². The Labute approximate surface area is 128 Å². The van der Waals surface area contributed by atoms with Crippen LogP contribution in [0.5, 0.6) is 0 Å². The molecule has 0 spiro atoms. The summed E-state index contributed by atoms with van der Waals surface area (Å²) in [5.41, 5.74) is 8.78. The quantitative estimate of drug-likeness (QED) is 0.927. The molecule has 0 radical (unpaired) electrons. The summed E-state index contributed by atoms with van der Waals surface area (Å²) in [5, 5.41) is 4.71. The Bertz CT molecular complexity index is 493. The number of fused-ring (bicyclic) bond motifs is 1. The predicted molar refractivity (Wildman–Crippen MR) is 87.6 cm³/mol. The summed E-state index contributed by atoms with van der Waals surface area (Å²) < 4.78 is 2.10. The zero-order valence-corrected chi connectivity index (χ0v) is 13.8. The lowest BCUT2D eigenvalue weighted by atomic mass is 9.91. The minimum atomic E-state index is 0.246. The van der Waals surface area contributed by atoms with Gasteiger partial charge in [-0.05, 0) is 51.4 Å². The Hall–Kier alpha value is -1.03. The third kappa shape index (κ3) is 2.70. The van der Waals surface area contributed by atoms with Gasteiger partial charge in [-0.15, -0.1) is 0 Å². The highest BCUT2D eigenvalue weighted by Gasteiger charge is 2.37. The molecule has 4 nitrogen and oxygen atoms in total. The fraction of sp³-hybridized carbons (Fsp3) is 0.824. The molecule has 0 bridgehead atoms. The molecular weight excluding hydrogens is 260 g/mol. The van der Waals surface area contributed by atoms with Gasteiger partial charge in [-0.25, -0.2) is 0 Å². The van der Waals surface area contributed by atoms with Gasteiger partial charge in [0.1, 0.15) is 5.82 Å². The molecule has 2 aliphatic rings. The average molecular weight is 290 g/mol. The van der Waals surface area contributed by atoms with Crippen molar-refractivity contribution in [2.45, 2.75) is 70.9 Å². The Morgan fingerprint density at radius 3 is 2.81 bits per heavy atom. The van der Waals surface area contributed by atoms with Crippen LogP contribution in [-0.2, 0) is 13.5 Å². The standard InChI is InChI=1S/C17H30N4/c1-4-14(18)11-15-12(2)19-20(3)17(15)21-10-6-8-13-7-5-9-16(13)21/h13-14,16H,4-11,18H2,1-3H3. The summed E-state index contributed by atoms with van der Waals surface area (Å²) in [5.74, 6) is 2.26. The van der Waals surface area contributed by atoms with Crippen LogP contribution < -0.4 is 10.6 Å². The van der Waals surface area contributed by atoms with Crippen LogP contribution in [0.15, 0.2) is 0 Å². The zero-order valence-electron chi connectivity index (χ0n) is 13.8. The lowest BCUT2D eigenvalue weighted by Gasteiger charge is -2.40. The van der Waals surface area contributed by atoms with Gasteiger partial charge in [0.05, 0.1) is 5.69 Å². The third-order valence-electron chi connectivity index (χ3n) is 5.57. The van der Waals surface area contributed by atoms with Crippen molar-refractivity contribution < 1.29 is 0 Å². The Kier molecular flexibility index (Phi) is 4.25. The first kappa shape index (κ1) is 14.9. The summed E-state index contributed by atoms with van der Waals surface area (Å²) in [4.78, 5) is 2.67. The minimum absolute atomic E-state index is 0.246. The summed E-state index contributed by atoms with van der Waals surface area (Å²) in [7, 11) is 2.10. The number of hydrogen-bond acceptors (Lipinski definition) is 3. The summed E-state index contributed by atoms with van der Waals surface area (Å²) in [6.07, 6.45) is 8.90. The van der Waals surface area contributed by atoms with E-state index < -0.39 is 0 Å². The Morgan fingerprint density at radius 2 is 2.05 bits per heavy atom. The van der Waals surface area contributed by atoms with Crippen LogP contribution in [0, 0.1) is 12.8 Å². The summed E-state index contributed by atoms with van der Waals surface area (Å²) in [6.45, 7) is 5.50. The fourth-order valence-electron chi connectivity index (χ4n) is 4.41. The number of rotatable bonds is 4. The Balaban J connectivity index is 1.93. The monoisotopic (exact) mass is 290 g/mol. The topological polar surface area (TPSA) is 47.1 Å². The molecule has 2 N–H and O–H groups in total. The molecule has 1 aliphatic heterocycles. The molecule has 2 fully saturated rings. The normalized spacial score (nSPS) is 27.0. The Morgan fingerprint density at radius 1 is 1.29 bits per heavy atom. The molecule has 1 aromatic rings. The second-order valence-corrected chi connectivity index (χ2v) is 6.98. The van der Waals surface area contributed by atoms with Crippen molar-refractivity contribution in [1.29, 1.82) is 0 Å². The first-order valence-corrected chi connectivity index (χ1v) is 8.66. The van der Waals surface area contributed by atoms with E-state index in [9.17, 15) is 0 Å². The van der Waals surface area contributed by atoms with Crippen molar-refractivity contribution in [3.8, 4) is 0 Å². The fourth-order valence-corrected chi connectivity index (χ4v) is 4.41. The van der Waals surface area contributed by atoms with E-state index in [-0.39, 0.29) is 6.04 Å². The van der Waals surface area contributed by atoms with Crippen molar-refractivity contribution in [1.82, 2.24) is 9.78 Å². The SMILES string of the molecule is CCC(N)Cc1c(C)nn(C)c1N1CCCC2CCCC21. The number of nitrogens with zero attached hydrogens (tertiary/aromatic N) is 3. The van der Waals surface area contributed by atoms with Crippen molar-refractivity contribution in [2.75, 3.05) is 11.4 Å². The third-order valence-corrected chi connectivity index (χ3v) is 5.57. The summed E-state index contributed by atoms with van der Waals surface area (Å²) >= 11 is 0. The van der Waals surface area contributed by atoms with E-state index in [0.717, 1.165) is 30.5 Å². The number of piperidine rings is 1. The molecule has 2 heterocycles. The number of anilines is 1. The molecule has 1 saturated heterocycles. The van der Waals surface area contributed by atoms with Gasteiger partial charge in [0.2, 0.25) is 0 Å². The molecule has 3 unspecified atom stereocenters. The van der Waals surface area contributed by atoms with Crippen LogP contribution in [0.2, 0.25) is 0 Å². The number of aryl methyl sites for hydroxylation is 2.